The minimum Gasteiger partial charge on any atom is -0.487 e. The first kappa shape index (κ1) is 15.5. The minimum atomic E-state index is -0.369. The van der Waals surface area contributed by atoms with E-state index in [-0.39, 0.29) is 16.7 Å². The van der Waals surface area contributed by atoms with Crippen molar-refractivity contribution < 1.29 is 9.66 Å². The lowest BCUT2D eigenvalue weighted by atomic mass is 10.1. The Morgan fingerprint density at radius 3 is 2.86 bits per heavy atom. The van der Waals surface area contributed by atoms with Crippen LogP contribution >= 0.6 is 0 Å². The van der Waals surface area contributed by atoms with E-state index in [0.717, 1.165) is 19.6 Å². The molecule has 2 rings (SSSR count). The van der Waals surface area contributed by atoms with Crippen molar-refractivity contribution in [3.63, 3.8) is 0 Å². The fourth-order valence-corrected chi connectivity index (χ4v) is 2.73. The van der Waals surface area contributed by atoms with Crippen LogP contribution < -0.4 is 15.4 Å². The van der Waals surface area contributed by atoms with Crippen LogP contribution in [0.25, 0.3) is 0 Å². The number of para-hydroxylation sites is 1. The van der Waals surface area contributed by atoms with Gasteiger partial charge in [0.1, 0.15) is 5.69 Å². The lowest BCUT2D eigenvalue weighted by Gasteiger charge is -2.40. The average molecular weight is 294 g/mol. The Hall–Kier alpha value is -1.86. The molecule has 7 nitrogen and oxygen atoms in total. The molecule has 0 aliphatic carbocycles. The highest BCUT2D eigenvalue weighted by atomic mass is 16.6. The summed E-state index contributed by atoms with van der Waals surface area (Å²) < 4.78 is 5.41. The number of ether oxygens (including phenoxy) is 1. The Balaban J connectivity index is 2.42. The van der Waals surface area contributed by atoms with Gasteiger partial charge in [0.15, 0.2) is 5.75 Å². The van der Waals surface area contributed by atoms with Crippen LogP contribution in [0.2, 0.25) is 0 Å². The number of nitro benzene ring substituents is 1. The molecule has 0 saturated carbocycles. The van der Waals surface area contributed by atoms with Gasteiger partial charge in [0.05, 0.1) is 17.6 Å². The van der Waals surface area contributed by atoms with Gasteiger partial charge in [0.2, 0.25) is 0 Å². The standard InChI is InChI=1S/C14H22N4O3/c1-3-21-13-6-4-5-12(14(13)18(19)20)17-8-7-16(2)10-11(17)9-15/h4-6,11H,3,7-10,15H2,1-2H3. The summed E-state index contributed by atoms with van der Waals surface area (Å²) in [5.41, 5.74) is 6.47. The number of nitrogens with zero attached hydrogens (tertiary/aromatic N) is 3. The maximum absolute atomic E-state index is 11.5. The van der Waals surface area contributed by atoms with Gasteiger partial charge in [-0.05, 0) is 26.1 Å². The summed E-state index contributed by atoms with van der Waals surface area (Å²) in [5, 5.41) is 11.5. The zero-order chi connectivity index (χ0) is 15.4. The topological polar surface area (TPSA) is 84.9 Å². The smallest absolute Gasteiger partial charge is 0.333 e. The summed E-state index contributed by atoms with van der Waals surface area (Å²) in [7, 11) is 2.03. The third kappa shape index (κ3) is 3.25. The van der Waals surface area contributed by atoms with Crippen molar-refractivity contribution in [2.75, 3.05) is 44.7 Å². The van der Waals surface area contributed by atoms with Crippen LogP contribution in [0.3, 0.4) is 0 Å². The van der Waals surface area contributed by atoms with Gasteiger partial charge in [-0.25, -0.2) is 0 Å². The van der Waals surface area contributed by atoms with Crippen LogP contribution in [0, 0.1) is 10.1 Å². The molecule has 2 N–H and O–H groups in total. The number of hydrogen-bond acceptors (Lipinski definition) is 6. The largest absolute Gasteiger partial charge is 0.487 e. The van der Waals surface area contributed by atoms with Crippen LogP contribution in [0.15, 0.2) is 18.2 Å². The summed E-state index contributed by atoms with van der Waals surface area (Å²) in [6, 6.07) is 5.27. The summed E-state index contributed by atoms with van der Waals surface area (Å²) in [4.78, 5) is 15.3. The van der Waals surface area contributed by atoms with Crippen LogP contribution in [0.5, 0.6) is 5.75 Å². The molecule has 1 aliphatic rings. The zero-order valence-corrected chi connectivity index (χ0v) is 12.5. The van der Waals surface area contributed by atoms with Crippen molar-refractivity contribution in [1.29, 1.82) is 0 Å². The summed E-state index contributed by atoms with van der Waals surface area (Å²) in [6.45, 7) is 5.04. The predicted molar refractivity (Wildman–Crippen MR) is 82.0 cm³/mol. The molecule has 1 aromatic carbocycles. The molecule has 0 amide bonds. The van der Waals surface area contributed by atoms with Gasteiger partial charge in [-0.15, -0.1) is 0 Å². The van der Waals surface area contributed by atoms with E-state index in [0.29, 0.717) is 24.6 Å². The number of nitrogens with two attached hydrogens (primary N) is 1. The predicted octanol–water partition coefficient (Wildman–Crippen LogP) is 1.07. The van der Waals surface area contributed by atoms with Crippen LogP contribution in [-0.2, 0) is 0 Å². The Labute approximate surface area is 124 Å². The summed E-state index contributed by atoms with van der Waals surface area (Å²) in [5.74, 6) is 0.315. The number of benzene rings is 1. The second-order valence-corrected chi connectivity index (χ2v) is 5.16. The third-order valence-corrected chi connectivity index (χ3v) is 3.73. The monoisotopic (exact) mass is 294 g/mol. The van der Waals surface area contributed by atoms with Crippen molar-refractivity contribution in [3.8, 4) is 5.75 Å². The van der Waals surface area contributed by atoms with Gasteiger partial charge in [-0.2, -0.15) is 0 Å². The molecule has 0 spiro atoms. The molecule has 0 bridgehead atoms. The van der Waals surface area contributed by atoms with Crippen LogP contribution in [0.1, 0.15) is 6.92 Å². The van der Waals surface area contributed by atoms with E-state index in [1.807, 2.05) is 18.9 Å². The lowest BCUT2D eigenvalue weighted by molar-refractivity contribution is -0.385. The van der Waals surface area contributed by atoms with E-state index < -0.39 is 0 Å². The molecule has 1 atom stereocenters. The highest BCUT2D eigenvalue weighted by molar-refractivity contribution is 5.70. The van der Waals surface area contributed by atoms with Gasteiger partial charge < -0.3 is 20.3 Å². The minimum absolute atomic E-state index is 0.0300. The van der Waals surface area contributed by atoms with E-state index in [1.54, 1.807) is 18.2 Å². The third-order valence-electron chi connectivity index (χ3n) is 3.73. The fraction of sp³-hybridized carbons (Fsp3) is 0.571. The summed E-state index contributed by atoms with van der Waals surface area (Å²) in [6.07, 6.45) is 0. The van der Waals surface area contributed by atoms with Crippen molar-refractivity contribution >= 4 is 11.4 Å². The van der Waals surface area contributed by atoms with Gasteiger partial charge >= 0.3 is 5.69 Å². The van der Waals surface area contributed by atoms with E-state index in [4.69, 9.17) is 10.5 Å². The highest BCUT2D eigenvalue weighted by Crippen LogP contribution is 2.38. The van der Waals surface area contributed by atoms with Crippen molar-refractivity contribution in [3.05, 3.63) is 28.3 Å². The molecule has 0 radical (unpaired) electrons. The number of piperazine rings is 1. The van der Waals surface area contributed by atoms with E-state index >= 15 is 0 Å². The SMILES string of the molecule is CCOc1cccc(N2CCN(C)CC2CN)c1[N+](=O)[O-]. The Kier molecular flexibility index (Phi) is 4.98. The van der Waals surface area contributed by atoms with Gasteiger partial charge in [0, 0.05) is 26.2 Å². The van der Waals surface area contributed by atoms with Crippen LogP contribution in [-0.4, -0.2) is 55.7 Å². The van der Waals surface area contributed by atoms with Crippen molar-refractivity contribution in [1.82, 2.24) is 4.90 Å². The second-order valence-electron chi connectivity index (χ2n) is 5.16. The number of nitro groups is 1. The van der Waals surface area contributed by atoms with E-state index in [9.17, 15) is 10.1 Å². The first-order chi connectivity index (χ1) is 10.1. The van der Waals surface area contributed by atoms with Gasteiger partial charge in [-0.3, -0.25) is 10.1 Å². The Morgan fingerprint density at radius 2 is 2.24 bits per heavy atom. The Bertz CT molecular complexity index is 509. The quantitative estimate of drug-likeness (QED) is 0.646. The van der Waals surface area contributed by atoms with Crippen molar-refractivity contribution in [2.45, 2.75) is 13.0 Å². The fourth-order valence-electron chi connectivity index (χ4n) is 2.73. The molecule has 1 fully saturated rings. The second kappa shape index (κ2) is 6.73. The first-order valence-electron chi connectivity index (χ1n) is 7.14. The molecule has 7 heteroatoms. The number of likely N-dealkylation sites (N-methyl/N-ethyl adjacent to an activating group) is 1. The Morgan fingerprint density at radius 1 is 1.48 bits per heavy atom. The molecular formula is C14H22N4O3. The first-order valence-corrected chi connectivity index (χ1v) is 7.14. The molecule has 21 heavy (non-hydrogen) atoms. The number of anilines is 1. The number of hydrogen-bond donors (Lipinski definition) is 1. The summed E-state index contributed by atoms with van der Waals surface area (Å²) >= 11 is 0. The highest BCUT2D eigenvalue weighted by Gasteiger charge is 2.31. The van der Waals surface area contributed by atoms with E-state index in [2.05, 4.69) is 4.90 Å². The molecule has 1 heterocycles. The molecule has 1 unspecified atom stereocenters. The average Bonchev–Trinajstić information content (AvgIpc) is 2.47. The van der Waals surface area contributed by atoms with Crippen LogP contribution in [0.4, 0.5) is 11.4 Å². The molecule has 1 aromatic rings. The lowest BCUT2D eigenvalue weighted by Crippen LogP contribution is -2.55. The van der Waals surface area contributed by atoms with Gasteiger partial charge in [-0.1, -0.05) is 6.07 Å². The molecule has 1 saturated heterocycles. The normalized spacial score (nSPS) is 19.6. The zero-order valence-electron chi connectivity index (χ0n) is 12.5. The molecule has 116 valence electrons. The van der Waals surface area contributed by atoms with Gasteiger partial charge in [0.25, 0.3) is 0 Å². The number of rotatable bonds is 5. The molecule has 0 aromatic heterocycles. The van der Waals surface area contributed by atoms with E-state index in [1.165, 1.54) is 0 Å². The van der Waals surface area contributed by atoms with Crippen molar-refractivity contribution in [2.24, 2.45) is 5.73 Å². The maximum atomic E-state index is 11.5. The molecular weight excluding hydrogens is 272 g/mol. The molecule has 1 aliphatic heterocycles. The maximum Gasteiger partial charge on any atom is 0.333 e.